The summed E-state index contributed by atoms with van der Waals surface area (Å²) in [6.45, 7) is 0.300. The van der Waals surface area contributed by atoms with Crippen LogP contribution in [0, 0.1) is 0 Å². The SMILES string of the molecule is CNCc1ccc(OC)c(OCCF)c1. The van der Waals surface area contributed by atoms with Crippen molar-refractivity contribution in [3.8, 4) is 11.5 Å². The van der Waals surface area contributed by atoms with E-state index in [1.165, 1.54) is 0 Å². The van der Waals surface area contributed by atoms with Crippen LogP contribution < -0.4 is 14.8 Å². The first-order valence-electron chi connectivity index (χ1n) is 4.82. The van der Waals surface area contributed by atoms with Crippen LogP contribution in [0.15, 0.2) is 18.2 Å². The molecule has 15 heavy (non-hydrogen) atoms. The number of hydrogen-bond donors (Lipinski definition) is 1. The summed E-state index contributed by atoms with van der Waals surface area (Å²) < 4.78 is 22.3. The molecule has 1 aromatic carbocycles. The summed E-state index contributed by atoms with van der Waals surface area (Å²) in [6.07, 6.45) is 0. The van der Waals surface area contributed by atoms with Gasteiger partial charge in [0.25, 0.3) is 0 Å². The molecule has 0 unspecified atom stereocenters. The number of ether oxygens (including phenoxy) is 2. The van der Waals surface area contributed by atoms with Gasteiger partial charge in [0.05, 0.1) is 7.11 Å². The molecule has 1 N–H and O–H groups in total. The molecule has 0 aliphatic carbocycles. The number of hydrogen-bond acceptors (Lipinski definition) is 3. The van der Waals surface area contributed by atoms with Crippen molar-refractivity contribution in [3.05, 3.63) is 23.8 Å². The minimum absolute atomic E-state index is 0.0549. The highest BCUT2D eigenvalue weighted by atomic mass is 19.1. The Bertz CT molecular complexity index is 305. The fourth-order valence-electron chi connectivity index (χ4n) is 1.30. The molecule has 0 heterocycles. The summed E-state index contributed by atoms with van der Waals surface area (Å²) in [5.41, 5.74) is 1.08. The van der Waals surface area contributed by atoms with Crippen molar-refractivity contribution in [1.82, 2.24) is 5.32 Å². The molecule has 0 saturated carbocycles. The molecule has 0 bridgehead atoms. The lowest BCUT2D eigenvalue weighted by molar-refractivity contribution is 0.260. The number of rotatable bonds is 6. The fourth-order valence-corrected chi connectivity index (χ4v) is 1.30. The van der Waals surface area contributed by atoms with Gasteiger partial charge >= 0.3 is 0 Å². The third-order valence-electron chi connectivity index (χ3n) is 1.94. The van der Waals surface area contributed by atoms with Crippen LogP contribution in [0.3, 0.4) is 0 Å². The zero-order chi connectivity index (χ0) is 11.1. The standard InChI is InChI=1S/C11H16FNO2/c1-13-8-9-3-4-10(14-2)11(7-9)15-6-5-12/h3-4,7,13H,5-6,8H2,1-2H3. The summed E-state index contributed by atoms with van der Waals surface area (Å²) in [5, 5.41) is 3.03. The van der Waals surface area contributed by atoms with E-state index in [0.29, 0.717) is 11.5 Å². The van der Waals surface area contributed by atoms with E-state index in [1.807, 2.05) is 25.2 Å². The van der Waals surface area contributed by atoms with Crippen molar-refractivity contribution in [3.63, 3.8) is 0 Å². The first kappa shape index (κ1) is 11.8. The smallest absolute Gasteiger partial charge is 0.161 e. The highest BCUT2D eigenvalue weighted by Gasteiger charge is 2.05. The van der Waals surface area contributed by atoms with Crippen LogP contribution in [0.4, 0.5) is 4.39 Å². The maximum absolute atomic E-state index is 12.0. The molecular formula is C11H16FNO2. The van der Waals surface area contributed by atoms with Crippen molar-refractivity contribution in [1.29, 1.82) is 0 Å². The summed E-state index contributed by atoms with van der Waals surface area (Å²) >= 11 is 0. The third kappa shape index (κ3) is 3.40. The Balaban J connectivity index is 2.81. The van der Waals surface area contributed by atoms with E-state index in [2.05, 4.69) is 5.32 Å². The van der Waals surface area contributed by atoms with Gasteiger partial charge in [-0.25, -0.2) is 4.39 Å². The van der Waals surface area contributed by atoms with Crippen LogP contribution in [-0.2, 0) is 6.54 Å². The normalized spacial score (nSPS) is 10.1. The van der Waals surface area contributed by atoms with Gasteiger partial charge in [0.15, 0.2) is 11.5 Å². The quantitative estimate of drug-likeness (QED) is 0.781. The maximum atomic E-state index is 12.0. The number of benzene rings is 1. The largest absolute Gasteiger partial charge is 0.493 e. The summed E-state index contributed by atoms with van der Waals surface area (Å²) in [7, 11) is 3.43. The van der Waals surface area contributed by atoms with Gasteiger partial charge in [0.2, 0.25) is 0 Å². The number of alkyl halides is 1. The van der Waals surface area contributed by atoms with Crippen LogP contribution in [0.2, 0.25) is 0 Å². The van der Waals surface area contributed by atoms with E-state index in [0.717, 1.165) is 12.1 Å². The summed E-state index contributed by atoms with van der Waals surface area (Å²) in [4.78, 5) is 0. The molecule has 0 amide bonds. The van der Waals surface area contributed by atoms with Crippen LogP contribution in [0.25, 0.3) is 0 Å². The van der Waals surface area contributed by atoms with Crippen LogP contribution >= 0.6 is 0 Å². The van der Waals surface area contributed by atoms with Crippen molar-refractivity contribution in [2.24, 2.45) is 0 Å². The molecule has 0 saturated heterocycles. The molecule has 1 aromatic rings. The number of methoxy groups -OCH3 is 1. The second kappa shape index (κ2) is 6.24. The van der Waals surface area contributed by atoms with Gasteiger partial charge in [0, 0.05) is 6.54 Å². The Morgan fingerprint density at radius 3 is 2.73 bits per heavy atom. The van der Waals surface area contributed by atoms with Crippen molar-refractivity contribution >= 4 is 0 Å². The predicted octanol–water partition coefficient (Wildman–Crippen LogP) is 1.76. The molecule has 0 aliphatic rings. The van der Waals surface area contributed by atoms with E-state index in [1.54, 1.807) is 7.11 Å². The Morgan fingerprint density at radius 2 is 2.13 bits per heavy atom. The average molecular weight is 213 g/mol. The topological polar surface area (TPSA) is 30.5 Å². The fraction of sp³-hybridized carbons (Fsp3) is 0.455. The lowest BCUT2D eigenvalue weighted by Crippen LogP contribution is -2.06. The second-order valence-corrected chi connectivity index (χ2v) is 3.05. The molecular weight excluding hydrogens is 197 g/mol. The number of nitrogens with one attached hydrogen (secondary N) is 1. The predicted molar refractivity (Wildman–Crippen MR) is 57.2 cm³/mol. The molecule has 4 heteroatoms. The highest BCUT2D eigenvalue weighted by molar-refractivity contribution is 5.42. The van der Waals surface area contributed by atoms with Gasteiger partial charge in [-0.1, -0.05) is 6.07 Å². The van der Waals surface area contributed by atoms with Gasteiger partial charge in [-0.2, -0.15) is 0 Å². The minimum Gasteiger partial charge on any atom is -0.493 e. The molecule has 0 spiro atoms. The first-order valence-corrected chi connectivity index (χ1v) is 4.82. The molecule has 0 fully saturated rings. The molecule has 84 valence electrons. The second-order valence-electron chi connectivity index (χ2n) is 3.05. The van der Waals surface area contributed by atoms with Crippen LogP contribution in [0.1, 0.15) is 5.56 Å². The molecule has 0 aliphatic heterocycles. The Morgan fingerprint density at radius 1 is 1.33 bits per heavy atom. The molecule has 0 aromatic heterocycles. The average Bonchev–Trinajstić information content (AvgIpc) is 2.27. The van der Waals surface area contributed by atoms with Gasteiger partial charge in [-0.3, -0.25) is 0 Å². The van der Waals surface area contributed by atoms with Gasteiger partial charge in [0.1, 0.15) is 13.3 Å². The van der Waals surface area contributed by atoms with Crippen molar-refractivity contribution in [2.75, 3.05) is 27.4 Å². The highest BCUT2D eigenvalue weighted by Crippen LogP contribution is 2.27. The maximum Gasteiger partial charge on any atom is 0.161 e. The van der Waals surface area contributed by atoms with Gasteiger partial charge in [-0.15, -0.1) is 0 Å². The zero-order valence-electron chi connectivity index (χ0n) is 9.05. The lowest BCUT2D eigenvalue weighted by Gasteiger charge is -2.11. The van der Waals surface area contributed by atoms with Crippen LogP contribution in [-0.4, -0.2) is 27.4 Å². The van der Waals surface area contributed by atoms with E-state index in [4.69, 9.17) is 9.47 Å². The monoisotopic (exact) mass is 213 g/mol. The van der Waals surface area contributed by atoms with E-state index >= 15 is 0 Å². The van der Waals surface area contributed by atoms with E-state index in [-0.39, 0.29) is 6.61 Å². The Hall–Kier alpha value is -1.29. The first-order chi connectivity index (χ1) is 7.31. The summed E-state index contributed by atoms with van der Waals surface area (Å²) in [5.74, 6) is 1.21. The Kier molecular flexibility index (Phi) is 4.90. The summed E-state index contributed by atoms with van der Waals surface area (Å²) in [6, 6.07) is 5.61. The van der Waals surface area contributed by atoms with Crippen molar-refractivity contribution < 1.29 is 13.9 Å². The molecule has 1 rings (SSSR count). The van der Waals surface area contributed by atoms with Gasteiger partial charge < -0.3 is 14.8 Å². The zero-order valence-corrected chi connectivity index (χ0v) is 9.05. The number of halogens is 1. The lowest BCUT2D eigenvalue weighted by atomic mass is 10.2. The minimum atomic E-state index is -0.501. The van der Waals surface area contributed by atoms with Crippen LogP contribution in [0.5, 0.6) is 11.5 Å². The van der Waals surface area contributed by atoms with Gasteiger partial charge in [-0.05, 0) is 24.7 Å². The van der Waals surface area contributed by atoms with E-state index < -0.39 is 6.67 Å². The molecule has 0 atom stereocenters. The molecule has 3 nitrogen and oxygen atoms in total. The Labute approximate surface area is 89.2 Å². The third-order valence-corrected chi connectivity index (χ3v) is 1.94. The van der Waals surface area contributed by atoms with Crippen molar-refractivity contribution in [2.45, 2.75) is 6.54 Å². The van der Waals surface area contributed by atoms with E-state index in [9.17, 15) is 4.39 Å². The molecule has 0 radical (unpaired) electrons.